The van der Waals surface area contributed by atoms with Crippen molar-refractivity contribution in [2.45, 2.75) is 19.3 Å². The highest BCUT2D eigenvalue weighted by atomic mass is 16.3. The lowest BCUT2D eigenvalue weighted by atomic mass is 9.92. The van der Waals surface area contributed by atoms with Crippen LogP contribution in [0.2, 0.25) is 0 Å². The van der Waals surface area contributed by atoms with E-state index in [1.807, 2.05) is 18.2 Å². The molecule has 0 aromatic carbocycles. The lowest BCUT2D eigenvalue weighted by Gasteiger charge is -2.13. The second-order valence-electron chi connectivity index (χ2n) is 3.41. The first-order valence-corrected chi connectivity index (χ1v) is 4.58. The molecule has 0 amide bonds. The maximum absolute atomic E-state index is 10.9. The third-order valence-electron chi connectivity index (χ3n) is 2.36. The first kappa shape index (κ1) is 8.30. The fourth-order valence-electron chi connectivity index (χ4n) is 1.61. The SMILES string of the molecule is O=C1C=CC(Cc2ccco2)CC1. The van der Waals surface area contributed by atoms with Crippen LogP contribution in [-0.2, 0) is 11.2 Å². The van der Waals surface area contributed by atoms with Gasteiger partial charge in [-0.3, -0.25) is 4.79 Å². The van der Waals surface area contributed by atoms with Crippen LogP contribution in [0.25, 0.3) is 0 Å². The number of carbonyl (C=O) groups excluding carboxylic acids is 1. The number of rotatable bonds is 2. The predicted molar refractivity (Wildman–Crippen MR) is 49.3 cm³/mol. The van der Waals surface area contributed by atoms with Crippen molar-refractivity contribution >= 4 is 5.78 Å². The van der Waals surface area contributed by atoms with Crippen LogP contribution < -0.4 is 0 Å². The summed E-state index contributed by atoms with van der Waals surface area (Å²) in [6, 6.07) is 3.87. The Balaban J connectivity index is 1.97. The molecule has 1 aliphatic carbocycles. The fraction of sp³-hybridized carbons (Fsp3) is 0.364. The minimum Gasteiger partial charge on any atom is -0.469 e. The van der Waals surface area contributed by atoms with Gasteiger partial charge in [-0.2, -0.15) is 0 Å². The summed E-state index contributed by atoms with van der Waals surface area (Å²) in [4.78, 5) is 10.9. The lowest BCUT2D eigenvalue weighted by molar-refractivity contribution is -0.115. The summed E-state index contributed by atoms with van der Waals surface area (Å²) in [6.45, 7) is 0. The average molecular weight is 176 g/mol. The van der Waals surface area contributed by atoms with E-state index in [0.717, 1.165) is 18.6 Å². The van der Waals surface area contributed by atoms with E-state index in [-0.39, 0.29) is 5.78 Å². The summed E-state index contributed by atoms with van der Waals surface area (Å²) in [7, 11) is 0. The first-order chi connectivity index (χ1) is 6.34. The molecule has 1 atom stereocenters. The van der Waals surface area contributed by atoms with Crippen molar-refractivity contribution < 1.29 is 9.21 Å². The number of hydrogen-bond donors (Lipinski definition) is 0. The van der Waals surface area contributed by atoms with E-state index in [0.29, 0.717) is 12.3 Å². The predicted octanol–water partition coefficient (Wildman–Crippen LogP) is 2.36. The minimum atomic E-state index is 0.246. The maximum atomic E-state index is 10.9. The zero-order valence-electron chi connectivity index (χ0n) is 7.40. The number of furan rings is 1. The van der Waals surface area contributed by atoms with Crippen molar-refractivity contribution in [1.82, 2.24) is 0 Å². The topological polar surface area (TPSA) is 30.2 Å². The number of ketones is 1. The molecule has 0 aliphatic heterocycles. The van der Waals surface area contributed by atoms with Gasteiger partial charge in [0.25, 0.3) is 0 Å². The number of allylic oxidation sites excluding steroid dienone is 2. The Bertz CT molecular complexity index is 309. The first-order valence-electron chi connectivity index (χ1n) is 4.58. The number of carbonyl (C=O) groups is 1. The van der Waals surface area contributed by atoms with Gasteiger partial charge >= 0.3 is 0 Å². The van der Waals surface area contributed by atoms with Crippen molar-refractivity contribution in [3.8, 4) is 0 Å². The number of hydrogen-bond acceptors (Lipinski definition) is 2. The molecule has 1 aliphatic rings. The molecule has 1 aromatic rings. The summed E-state index contributed by atoms with van der Waals surface area (Å²) in [5.41, 5.74) is 0. The van der Waals surface area contributed by atoms with Gasteiger partial charge in [-0.25, -0.2) is 0 Å². The van der Waals surface area contributed by atoms with Gasteiger partial charge in [-0.1, -0.05) is 6.08 Å². The van der Waals surface area contributed by atoms with Gasteiger partial charge in [0, 0.05) is 12.8 Å². The molecule has 0 bridgehead atoms. The van der Waals surface area contributed by atoms with Crippen molar-refractivity contribution in [2.24, 2.45) is 5.92 Å². The van der Waals surface area contributed by atoms with E-state index in [4.69, 9.17) is 4.42 Å². The van der Waals surface area contributed by atoms with Gasteiger partial charge in [0.15, 0.2) is 5.78 Å². The van der Waals surface area contributed by atoms with Gasteiger partial charge in [-0.05, 0) is 30.5 Å². The van der Waals surface area contributed by atoms with Crippen LogP contribution in [-0.4, -0.2) is 5.78 Å². The van der Waals surface area contributed by atoms with E-state index in [1.54, 1.807) is 12.3 Å². The van der Waals surface area contributed by atoms with Crippen LogP contribution in [0.4, 0.5) is 0 Å². The molecule has 0 N–H and O–H groups in total. The van der Waals surface area contributed by atoms with Crippen LogP contribution in [0, 0.1) is 5.92 Å². The van der Waals surface area contributed by atoms with Crippen LogP contribution in [0.5, 0.6) is 0 Å². The van der Waals surface area contributed by atoms with Gasteiger partial charge in [-0.15, -0.1) is 0 Å². The van der Waals surface area contributed by atoms with Crippen molar-refractivity contribution in [1.29, 1.82) is 0 Å². The van der Waals surface area contributed by atoms with Crippen molar-refractivity contribution in [2.75, 3.05) is 0 Å². The van der Waals surface area contributed by atoms with Gasteiger partial charge < -0.3 is 4.42 Å². The molecule has 2 heteroatoms. The van der Waals surface area contributed by atoms with E-state index in [9.17, 15) is 4.79 Å². The zero-order chi connectivity index (χ0) is 9.10. The summed E-state index contributed by atoms with van der Waals surface area (Å²) < 4.78 is 5.24. The van der Waals surface area contributed by atoms with Crippen molar-refractivity contribution in [3.63, 3.8) is 0 Å². The van der Waals surface area contributed by atoms with E-state index in [2.05, 4.69) is 0 Å². The molecule has 1 aromatic heterocycles. The Labute approximate surface area is 77.2 Å². The lowest BCUT2D eigenvalue weighted by Crippen LogP contribution is -2.09. The van der Waals surface area contributed by atoms with Gasteiger partial charge in [0.1, 0.15) is 5.76 Å². The molecule has 13 heavy (non-hydrogen) atoms. The molecule has 0 radical (unpaired) electrons. The largest absolute Gasteiger partial charge is 0.469 e. The van der Waals surface area contributed by atoms with Gasteiger partial charge in [0.2, 0.25) is 0 Å². The normalized spacial score (nSPS) is 22.2. The third kappa shape index (κ3) is 2.08. The summed E-state index contributed by atoms with van der Waals surface area (Å²) in [6.07, 6.45) is 7.92. The molecule has 0 saturated heterocycles. The summed E-state index contributed by atoms with van der Waals surface area (Å²) in [5.74, 6) is 1.73. The quantitative estimate of drug-likeness (QED) is 0.692. The molecule has 2 rings (SSSR count). The summed E-state index contributed by atoms with van der Waals surface area (Å²) >= 11 is 0. The molecule has 0 saturated carbocycles. The molecule has 1 unspecified atom stereocenters. The monoisotopic (exact) mass is 176 g/mol. The molecular weight excluding hydrogens is 164 g/mol. The Morgan fingerprint density at radius 1 is 1.54 bits per heavy atom. The molecular formula is C11H12O2. The van der Waals surface area contributed by atoms with Crippen molar-refractivity contribution in [3.05, 3.63) is 36.3 Å². The molecule has 2 nitrogen and oxygen atoms in total. The molecule has 0 fully saturated rings. The smallest absolute Gasteiger partial charge is 0.155 e. The highest BCUT2D eigenvalue weighted by Crippen LogP contribution is 2.19. The Morgan fingerprint density at radius 2 is 2.46 bits per heavy atom. The van der Waals surface area contributed by atoms with Crippen LogP contribution in [0.3, 0.4) is 0 Å². The standard InChI is InChI=1S/C11H12O2/c12-10-5-3-9(4-6-10)8-11-2-1-7-13-11/h1-3,5,7,9H,4,6,8H2. The highest BCUT2D eigenvalue weighted by molar-refractivity contribution is 5.90. The molecule has 1 heterocycles. The van der Waals surface area contributed by atoms with E-state index >= 15 is 0 Å². The fourth-order valence-corrected chi connectivity index (χ4v) is 1.61. The molecule has 68 valence electrons. The van der Waals surface area contributed by atoms with Gasteiger partial charge in [0.05, 0.1) is 6.26 Å². The highest BCUT2D eigenvalue weighted by Gasteiger charge is 2.14. The summed E-state index contributed by atoms with van der Waals surface area (Å²) in [5, 5.41) is 0. The van der Waals surface area contributed by atoms with Crippen LogP contribution in [0.15, 0.2) is 35.0 Å². The minimum absolute atomic E-state index is 0.246. The van der Waals surface area contributed by atoms with E-state index in [1.165, 1.54) is 0 Å². The van der Waals surface area contributed by atoms with Crippen LogP contribution in [0.1, 0.15) is 18.6 Å². The second-order valence-corrected chi connectivity index (χ2v) is 3.41. The Kier molecular flexibility index (Phi) is 2.30. The third-order valence-corrected chi connectivity index (χ3v) is 2.36. The van der Waals surface area contributed by atoms with Crippen LogP contribution >= 0.6 is 0 Å². The molecule has 0 spiro atoms. The van der Waals surface area contributed by atoms with E-state index < -0.39 is 0 Å². The Morgan fingerprint density at radius 3 is 3.08 bits per heavy atom. The maximum Gasteiger partial charge on any atom is 0.155 e. The average Bonchev–Trinajstić information content (AvgIpc) is 2.62. The second kappa shape index (κ2) is 3.60. The zero-order valence-corrected chi connectivity index (χ0v) is 7.40. The Hall–Kier alpha value is -1.31.